The predicted molar refractivity (Wildman–Crippen MR) is 57.9 cm³/mol. The van der Waals surface area contributed by atoms with Gasteiger partial charge in [0.1, 0.15) is 0 Å². The van der Waals surface area contributed by atoms with Crippen LogP contribution >= 0.6 is 11.3 Å². The molecule has 1 aliphatic carbocycles. The minimum absolute atomic E-state index is 0.621. The quantitative estimate of drug-likeness (QED) is 0.552. The zero-order valence-corrected chi connectivity index (χ0v) is 9.05. The lowest BCUT2D eigenvalue weighted by atomic mass is 10.0. The lowest BCUT2D eigenvalue weighted by Crippen LogP contribution is -1.95. The number of hydrogen-bond acceptors (Lipinski definition) is 3. The van der Waals surface area contributed by atoms with Crippen molar-refractivity contribution >= 4 is 17.6 Å². The summed E-state index contributed by atoms with van der Waals surface area (Å²) in [6, 6.07) is 0. The average molecular weight is 209 g/mol. The van der Waals surface area contributed by atoms with Crippen LogP contribution in [0.1, 0.15) is 59.1 Å². The smallest absolute Gasteiger partial charge is 0.161 e. The fourth-order valence-electron chi connectivity index (χ4n) is 2.07. The van der Waals surface area contributed by atoms with Crippen molar-refractivity contribution in [2.45, 2.75) is 44.4 Å². The van der Waals surface area contributed by atoms with Crippen LogP contribution in [0.15, 0.2) is 6.20 Å². The molecule has 2 nitrogen and oxygen atoms in total. The summed E-state index contributed by atoms with van der Waals surface area (Å²) >= 11 is 1.57. The van der Waals surface area contributed by atoms with Gasteiger partial charge in [0.15, 0.2) is 6.29 Å². The van der Waals surface area contributed by atoms with Gasteiger partial charge in [-0.2, -0.15) is 0 Å². The number of aldehydes is 1. The Morgan fingerprint density at radius 2 is 2.00 bits per heavy atom. The van der Waals surface area contributed by atoms with Crippen LogP contribution in [0.25, 0.3) is 0 Å². The maximum atomic E-state index is 10.5. The molecule has 0 unspecified atom stereocenters. The van der Waals surface area contributed by atoms with Gasteiger partial charge in [0.05, 0.1) is 9.88 Å². The number of carbonyl (C=O) groups excluding carboxylic acids is 1. The first-order valence-electron chi connectivity index (χ1n) is 5.31. The van der Waals surface area contributed by atoms with Crippen molar-refractivity contribution in [1.82, 2.24) is 4.98 Å². The van der Waals surface area contributed by atoms with Gasteiger partial charge in [0.25, 0.3) is 0 Å². The summed E-state index contributed by atoms with van der Waals surface area (Å²) in [6.45, 7) is 0. The molecule has 1 aromatic rings. The highest BCUT2D eigenvalue weighted by molar-refractivity contribution is 7.13. The van der Waals surface area contributed by atoms with Crippen molar-refractivity contribution in [3.05, 3.63) is 16.1 Å². The van der Waals surface area contributed by atoms with Crippen molar-refractivity contribution in [1.29, 1.82) is 0 Å². The zero-order chi connectivity index (χ0) is 9.80. The first-order chi connectivity index (χ1) is 6.90. The zero-order valence-electron chi connectivity index (χ0n) is 8.24. The third-order valence-corrected chi connectivity index (χ3v) is 3.95. The van der Waals surface area contributed by atoms with Crippen LogP contribution in [0.4, 0.5) is 0 Å². The Labute approximate surface area is 88.4 Å². The summed E-state index contributed by atoms with van der Waals surface area (Å²) in [4.78, 5) is 15.6. The van der Waals surface area contributed by atoms with Gasteiger partial charge in [-0.25, -0.2) is 4.98 Å². The standard InChI is InChI=1S/C11H15NOS/c13-8-10-7-12-11(14-10)9-5-3-1-2-4-6-9/h7-9H,1-6H2. The predicted octanol–water partition coefficient (Wildman–Crippen LogP) is 3.39. The fraction of sp³-hybridized carbons (Fsp3) is 0.636. The highest BCUT2D eigenvalue weighted by Gasteiger charge is 2.17. The molecule has 0 spiro atoms. The average Bonchev–Trinajstić information content (AvgIpc) is 2.53. The van der Waals surface area contributed by atoms with E-state index in [0.717, 1.165) is 11.2 Å². The van der Waals surface area contributed by atoms with Crippen molar-refractivity contribution in [2.24, 2.45) is 0 Å². The molecular weight excluding hydrogens is 194 g/mol. The largest absolute Gasteiger partial charge is 0.297 e. The molecule has 0 saturated heterocycles. The van der Waals surface area contributed by atoms with E-state index in [1.165, 1.54) is 43.5 Å². The van der Waals surface area contributed by atoms with E-state index >= 15 is 0 Å². The molecule has 0 radical (unpaired) electrons. The van der Waals surface area contributed by atoms with E-state index in [-0.39, 0.29) is 0 Å². The molecule has 1 fully saturated rings. The van der Waals surface area contributed by atoms with Gasteiger partial charge in [-0.1, -0.05) is 25.7 Å². The van der Waals surface area contributed by atoms with E-state index in [1.54, 1.807) is 17.5 Å². The molecule has 3 heteroatoms. The first-order valence-corrected chi connectivity index (χ1v) is 6.12. The molecule has 0 amide bonds. The Balaban J connectivity index is 2.08. The van der Waals surface area contributed by atoms with Gasteiger partial charge in [-0.3, -0.25) is 4.79 Å². The molecule has 1 heterocycles. The minimum Gasteiger partial charge on any atom is -0.297 e. The number of carbonyl (C=O) groups is 1. The highest BCUT2D eigenvalue weighted by Crippen LogP contribution is 2.33. The van der Waals surface area contributed by atoms with Crippen molar-refractivity contribution in [2.75, 3.05) is 0 Å². The van der Waals surface area contributed by atoms with E-state index in [0.29, 0.717) is 5.92 Å². The molecule has 0 atom stereocenters. The number of rotatable bonds is 2. The topological polar surface area (TPSA) is 30.0 Å². The lowest BCUT2D eigenvalue weighted by molar-refractivity contribution is 0.112. The van der Waals surface area contributed by atoms with Gasteiger partial charge in [0.2, 0.25) is 0 Å². The van der Waals surface area contributed by atoms with Crippen LogP contribution < -0.4 is 0 Å². The second-order valence-electron chi connectivity index (χ2n) is 3.91. The molecule has 0 bridgehead atoms. The molecule has 2 rings (SSSR count). The number of aromatic nitrogens is 1. The summed E-state index contributed by atoms with van der Waals surface area (Å²) in [5.74, 6) is 0.621. The van der Waals surface area contributed by atoms with Crippen LogP contribution in [-0.4, -0.2) is 11.3 Å². The number of hydrogen-bond donors (Lipinski definition) is 0. The maximum absolute atomic E-state index is 10.5. The Kier molecular flexibility index (Phi) is 3.30. The van der Waals surface area contributed by atoms with Crippen molar-refractivity contribution in [3.63, 3.8) is 0 Å². The third kappa shape index (κ3) is 2.21. The van der Waals surface area contributed by atoms with Crippen LogP contribution in [0.3, 0.4) is 0 Å². The van der Waals surface area contributed by atoms with Crippen LogP contribution in [-0.2, 0) is 0 Å². The van der Waals surface area contributed by atoms with E-state index in [2.05, 4.69) is 4.98 Å². The Hall–Kier alpha value is -0.700. The SMILES string of the molecule is O=Cc1cnc(C2CCCCCC2)s1. The molecule has 0 N–H and O–H groups in total. The van der Waals surface area contributed by atoms with E-state index < -0.39 is 0 Å². The van der Waals surface area contributed by atoms with Crippen molar-refractivity contribution < 1.29 is 4.79 Å². The molecule has 0 aliphatic heterocycles. The normalized spacial score (nSPS) is 19.1. The second kappa shape index (κ2) is 4.69. The summed E-state index contributed by atoms with van der Waals surface area (Å²) in [5, 5.41) is 1.18. The van der Waals surface area contributed by atoms with Gasteiger partial charge >= 0.3 is 0 Å². The molecule has 1 aliphatic rings. The molecule has 0 aromatic carbocycles. The van der Waals surface area contributed by atoms with Gasteiger partial charge < -0.3 is 0 Å². The lowest BCUT2D eigenvalue weighted by Gasteiger charge is -2.09. The monoisotopic (exact) mass is 209 g/mol. The first kappa shape index (κ1) is 9.84. The molecule has 14 heavy (non-hydrogen) atoms. The Morgan fingerprint density at radius 3 is 2.57 bits per heavy atom. The number of thiazole rings is 1. The third-order valence-electron chi connectivity index (χ3n) is 2.86. The fourth-order valence-corrected chi connectivity index (χ4v) is 2.97. The van der Waals surface area contributed by atoms with Crippen LogP contribution in [0, 0.1) is 0 Å². The summed E-state index contributed by atoms with van der Waals surface area (Å²) < 4.78 is 0. The van der Waals surface area contributed by atoms with E-state index in [9.17, 15) is 4.79 Å². The maximum Gasteiger partial charge on any atom is 0.161 e. The molecule has 1 aromatic heterocycles. The van der Waals surface area contributed by atoms with E-state index in [1.807, 2.05) is 0 Å². The van der Waals surface area contributed by atoms with Gasteiger partial charge in [0, 0.05) is 12.1 Å². The highest BCUT2D eigenvalue weighted by atomic mass is 32.1. The Bertz CT molecular complexity index is 300. The molecule has 76 valence electrons. The molecular formula is C11H15NOS. The molecule has 1 saturated carbocycles. The van der Waals surface area contributed by atoms with Crippen LogP contribution in [0.2, 0.25) is 0 Å². The Morgan fingerprint density at radius 1 is 1.29 bits per heavy atom. The summed E-state index contributed by atoms with van der Waals surface area (Å²) in [6.07, 6.45) is 10.5. The number of nitrogens with zero attached hydrogens (tertiary/aromatic N) is 1. The minimum atomic E-state index is 0.621. The van der Waals surface area contributed by atoms with Crippen LogP contribution in [0.5, 0.6) is 0 Å². The van der Waals surface area contributed by atoms with Gasteiger partial charge in [-0.15, -0.1) is 11.3 Å². The van der Waals surface area contributed by atoms with Gasteiger partial charge in [-0.05, 0) is 12.8 Å². The summed E-state index contributed by atoms with van der Waals surface area (Å²) in [7, 11) is 0. The summed E-state index contributed by atoms with van der Waals surface area (Å²) in [5.41, 5.74) is 0. The van der Waals surface area contributed by atoms with E-state index in [4.69, 9.17) is 0 Å². The van der Waals surface area contributed by atoms with Crippen molar-refractivity contribution in [3.8, 4) is 0 Å². The second-order valence-corrected chi connectivity index (χ2v) is 5.00.